The molecule has 3 rings (SSSR count). The minimum absolute atomic E-state index is 0.149. The van der Waals surface area contributed by atoms with Crippen molar-refractivity contribution in [2.75, 3.05) is 0 Å². The molecule has 25 heavy (non-hydrogen) atoms. The van der Waals surface area contributed by atoms with Crippen molar-refractivity contribution in [3.05, 3.63) is 65.7 Å². The molecule has 0 aromatic heterocycles. The molecule has 0 fully saturated rings. The van der Waals surface area contributed by atoms with Crippen molar-refractivity contribution < 1.29 is 5.11 Å². The molecule has 3 nitrogen and oxygen atoms in total. The predicted molar refractivity (Wildman–Crippen MR) is 104 cm³/mol. The van der Waals surface area contributed by atoms with Gasteiger partial charge in [0.1, 0.15) is 11.4 Å². The van der Waals surface area contributed by atoms with Crippen molar-refractivity contribution in [3.8, 4) is 5.75 Å². The van der Waals surface area contributed by atoms with Gasteiger partial charge in [-0.15, -0.1) is 10.2 Å². The number of hydrogen-bond donors (Lipinski definition) is 1. The van der Waals surface area contributed by atoms with Gasteiger partial charge in [0.25, 0.3) is 0 Å². The molecule has 3 heteroatoms. The Morgan fingerprint density at radius 3 is 1.92 bits per heavy atom. The number of hydrogen-bond acceptors (Lipinski definition) is 3. The minimum Gasteiger partial charge on any atom is -0.506 e. The standard InChI is InChI=1S/C22H24N2O/c1-14(2)17-10-7-11-18(15(3)4)21(17)23-24-22-19-9-6-5-8-16(19)12-13-20(22)25/h5-15,25H,1-4H3. The van der Waals surface area contributed by atoms with Gasteiger partial charge in [-0.05, 0) is 34.4 Å². The van der Waals surface area contributed by atoms with E-state index in [4.69, 9.17) is 0 Å². The van der Waals surface area contributed by atoms with E-state index in [1.54, 1.807) is 6.07 Å². The Labute approximate surface area is 149 Å². The first-order chi connectivity index (χ1) is 12.0. The summed E-state index contributed by atoms with van der Waals surface area (Å²) in [6.07, 6.45) is 0. The number of azo groups is 1. The molecule has 0 radical (unpaired) electrons. The van der Waals surface area contributed by atoms with E-state index in [9.17, 15) is 5.11 Å². The zero-order valence-electron chi connectivity index (χ0n) is 15.2. The molecule has 0 saturated carbocycles. The summed E-state index contributed by atoms with van der Waals surface area (Å²) in [5, 5.41) is 21.3. The quantitative estimate of drug-likeness (QED) is 0.504. The molecule has 0 saturated heterocycles. The van der Waals surface area contributed by atoms with Gasteiger partial charge in [0.05, 0.1) is 5.69 Å². The number of phenols is 1. The average Bonchev–Trinajstić information content (AvgIpc) is 2.60. The fraction of sp³-hybridized carbons (Fsp3) is 0.273. The minimum atomic E-state index is 0.149. The highest BCUT2D eigenvalue weighted by Crippen LogP contribution is 2.39. The molecule has 0 aliphatic carbocycles. The maximum Gasteiger partial charge on any atom is 0.143 e. The third kappa shape index (κ3) is 3.41. The van der Waals surface area contributed by atoms with Gasteiger partial charge >= 0.3 is 0 Å². The van der Waals surface area contributed by atoms with Crippen LogP contribution in [0.3, 0.4) is 0 Å². The van der Waals surface area contributed by atoms with Gasteiger partial charge in [0.2, 0.25) is 0 Å². The van der Waals surface area contributed by atoms with Crippen LogP contribution in [0.1, 0.15) is 50.7 Å². The van der Waals surface area contributed by atoms with Crippen LogP contribution in [0.4, 0.5) is 11.4 Å². The zero-order valence-corrected chi connectivity index (χ0v) is 15.2. The number of fused-ring (bicyclic) bond motifs is 1. The number of benzene rings is 3. The summed E-state index contributed by atoms with van der Waals surface area (Å²) in [5.74, 6) is 0.859. The summed E-state index contributed by atoms with van der Waals surface area (Å²) < 4.78 is 0. The molecule has 0 unspecified atom stereocenters. The van der Waals surface area contributed by atoms with Crippen LogP contribution in [0.5, 0.6) is 5.75 Å². The first-order valence-electron chi connectivity index (χ1n) is 8.74. The monoisotopic (exact) mass is 332 g/mol. The van der Waals surface area contributed by atoms with Crippen molar-refractivity contribution in [3.63, 3.8) is 0 Å². The van der Waals surface area contributed by atoms with E-state index in [1.807, 2.05) is 30.3 Å². The first kappa shape index (κ1) is 17.2. The summed E-state index contributed by atoms with van der Waals surface area (Å²) in [6, 6.07) is 17.8. The number of phenolic OH excluding ortho intramolecular Hbond substituents is 1. The van der Waals surface area contributed by atoms with E-state index in [1.165, 1.54) is 11.1 Å². The maximum absolute atomic E-state index is 10.3. The van der Waals surface area contributed by atoms with Gasteiger partial charge in [0.15, 0.2) is 0 Å². The topological polar surface area (TPSA) is 45.0 Å². The van der Waals surface area contributed by atoms with E-state index in [-0.39, 0.29) is 5.75 Å². The number of nitrogens with zero attached hydrogens (tertiary/aromatic N) is 2. The number of aromatic hydroxyl groups is 1. The van der Waals surface area contributed by atoms with Crippen molar-refractivity contribution in [2.45, 2.75) is 39.5 Å². The molecular formula is C22H24N2O. The molecule has 3 aromatic carbocycles. The van der Waals surface area contributed by atoms with Gasteiger partial charge in [-0.3, -0.25) is 0 Å². The second-order valence-corrected chi connectivity index (χ2v) is 6.95. The van der Waals surface area contributed by atoms with Crippen LogP contribution < -0.4 is 0 Å². The van der Waals surface area contributed by atoms with Crippen molar-refractivity contribution in [2.24, 2.45) is 10.2 Å². The Kier molecular flexibility index (Phi) is 4.84. The van der Waals surface area contributed by atoms with Crippen LogP contribution in [-0.2, 0) is 0 Å². The highest BCUT2D eigenvalue weighted by atomic mass is 16.3. The van der Waals surface area contributed by atoms with Crippen molar-refractivity contribution in [1.82, 2.24) is 0 Å². The largest absolute Gasteiger partial charge is 0.506 e. The summed E-state index contributed by atoms with van der Waals surface area (Å²) in [4.78, 5) is 0. The van der Waals surface area contributed by atoms with Gasteiger partial charge in [-0.1, -0.05) is 76.2 Å². The summed E-state index contributed by atoms with van der Waals surface area (Å²) in [6.45, 7) is 8.64. The molecule has 0 atom stereocenters. The molecule has 1 N–H and O–H groups in total. The molecule has 0 spiro atoms. The third-order valence-corrected chi connectivity index (χ3v) is 4.47. The van der Waals surface area contributed by atoms with Crippen LogP contribution >= 0.6 is 0 Å². The summed E-state index contributed by atoms with van der Waals surface area (Å²) in [7, 11) is 0. The molecule has 0 aliphatic rings. The lowest BCUT2D eigenvalue weighted by Gasteiger charge is -2.15. The SMILES string of the molecule is CC(C)c1cccc(C(C)C)c1N=Nc1c(O)ccc2ccccc12. The Morgan fingerprint density at radius 1 is 0.680 bits per heavy atom. The summed E-state index contributed by atoms with van der Waals surface area (Å²) in [5.41, 5.74) is 3.79. The second-order valence-electron chi connectivity index (χ2n) is 6.95. The average molecular weight is 332 g/mol. The van der Waals surface area contributed by atoms with E-state index in [2.05, 4.69) is 56.1 Å². The maximum atomic E-state index is 10.3. The Bertz CT molecular complexity index is 900. The molecular weight excluding hydrogens is 308 g/mol. The van der Waals surface area contributed by atoms with Gasteiger partial charge in [-0.2, -0.15) is 0 Å². The van der Waals surface area contributed by atoms with E-state index >= 15 is 0 Å². The Balaban J connectivity index is 2.17. The molecule has 128 valence electrons. The Morgan fingerprint density at radius 2 is 1.28 bits per heavy atom. The highest BCUT2D eigenvalue weighted by Gasteiger charge is 2.14. The van der Waals surface area contributed by atoms with Gasteiger partial charge < -0.3 is 5.11 Å². The van der Waals surface area contributed by atoms with Gasteiger partial charge in [0, 0.05) is 5.39 Å². The summed E-state index contributed by atoms with van der Waals surface area (Å²) >= 11 is 0. The highest BCUT2D eigenvalue weighted by molar-refractivity contribution is 5.95. The van der Waals surface area contributed by atoms with E-state index < -0.39 is 0 Å². The first-order valence-corrected chi connectivity index (χ1v) is 8.74. The second kappa shape index (κ2) is 7.06. The number of rotatable bonds is 4. The third-order valence-electron chi connectivity index (χ3n) is 4.47. The lowest BCUT2D eigenvalue weighted by molar-refractivity contribution is 0.477. The molecule has 0 bridgehead atoms. The molecule has 0 aliphatic heterocycles. The molecule has 0 heterocycles. The van der Waals surface area contributed by atoms with Crippen LogP contribution in [0.15, 0.2) is 64.8 Å². The van der Waals surface area contributed by atoms with E-state index in [0.717, 1.165) is 16.5 Å². The zero-order chi connectivity index (χ0) is 18.0. The normalized spacial score (nSPS) is 11.9. The van der Waals surface area contributed by atoms with Crippen molar-refractivity contribution >= 4 is 22.1 Å². The van der Waals surface area contributed by atoms with Crippen molar-refractivity contribution in [1.29, 1.82) is 0 Å². The lowest BCUT2D eigenvalue weighted by Crippen LogP contribution is -1.94. The fourth-order valence-electron chi connectivity index (χ4n) is 3.08. The van der Waals surface area contributed by atoms with Crippen LogP contribution in [0.25, 0.3) is 10.8 Å². The van der Waals surface area contributed by atoms with Gasteiger partial charge in [-0.25, -0.2) is 0 Å². The molecule has 0 amide bonds. The predicted octanol–water partition coefficient (Wildman–Crippen LogP) is 7.21. The Hall–Kier alpha value is -2.68. The smallest absolute Gasteiger partial charge is 0.143 e. The van der Waals surface area contributed by atoms with E-state index in [0.29, 0.717) is 17.5 Å². The van der Waals surface area contributed by atoms with Crippen LogP contribution in [0, 0.1) is 0 Å². The van der Waals surface area contributed by atoms with Crippen LogP contribution in [0.2, 0.25) is 0 Å². The molecule has 3 aromatic rings. The lowest BCUT2D eigenvalue weighted by atomic mass is 9.93. The van der Waals surface area contributed by atoms with Crippen LogP contribution in [-0.4, -0.2) is 5.11 Å². The fourth-order valence-corrected chi connectivity index (χ4v) is 3.08.